The highest BCUT2D eigenvalue weighted by molar-refractivity contribution is 7.98. The number of aryl methyl sites for hydroxylation is 1. The summed E-state index contributed by atoms with van der Waals surface area (Å²) in [5.74, 6) is -1.28. The van der Waals surface area contributed by atoms with Crippen LogP contribution in [-0.4, -0.2) is 74.4 Å². The molecule has 0 aromatic heterocycles. The third-order valence-corrected chi connectivity index (χ3v) is 8.66. The third-order valence-electron chi connectivity index (χ3n) is 6.16. The summed E-state index contributed by atoms with van der Waals surface area (Å²) in [6.07, 6.45) is 2.29. The Labute approximate surface area is 198 Å². The molecular formula is C22H32N2O7S2. The van der Waals surface area contributed by atoms with Crippen LogP contribution in [-0.2, 0) is 24.1 Å². The predicted molar refractivity (Wildman–Crippen MR) is 125 cm³/mol. The van der Waals surface area contributed by atoms with Crippen molar-refractivity contribution in [2.75, 3.05) is 31.0 Å². The van der Waals surface area contributed by atoms with E-state index in [1.165, 1.54) is 11.8 Å². The number of carboxylic acid groups (broad SMARTS) is 1. The fraction of sp³-hybridized carbons (Fsp3) is 0.636. The summed E-state index contributed by atoms with van der Waals surface area (Å²) >= 11 is 1.51. The van der Waals surface area contributed by atoms with E-state index in [9.17, 15) is 18.0 Å². The molecule has 2 aliphatic rings. The summed E-state index contributed by atoms with van der Waals surface area (Å²) in [6.45, 7) is 2.79. The van der Waals surface area contributed by atoms with Crippen molar-refractivity contribution in [1.29, 1.82) is 0 Å². The molecule has 11 heteroatoms. The summed E-state index contributed by atoms with van der Waals surface area (Å²) in [4.78, 5) is 24.3. The van der Waals surface area contributed by atoms with Crippen molar-refractivity contribution >= 4 is 33.6 Å². The molecule has 0 radical (unpaired) electrons. The molecule has 1 aromatic rings. The first-order valence-corrected chi connectivity index (χ1v) is 14.0. The number of carbonyl (C=O) groups is 2. The van der Waals surface area contributed by atoms with Crippen molar-refractivity contribution in [2.45, 2.75) is 55.4 Å². The minimum absolute atomic E-state index is 0.169. The lowest BCUT2D eigenvalue weighted by Crippen LogP contribution is -2.55. The van der Waals surface area contributed by atoms with E-state index in [0.717, 1.165) is 5.56 Å². The molecule has 2 amide bonds. The van der Waals surface area contributed by atoms with E-state index in [-0.39, 0.29) is 10.6 Å². The molecule has 9 nitrogen and oxygen atoms in total. The van der Waals surface area contributed by atoms with Gasteiger partial charge in [-0.05, 0) is 49.8 Å². The van der Waals surface area contributed by atoms with E-state index < -0.39 is 45.6 Å². The molecule has 3 rings (SSSR count). The normalized spacial score (nSPS) is 23.2. The molecule has 0 unspecified atom stereocenters. The van der Waals surface area contributed by atoms with Crippen LogP contribution in [0.15, 0.2) is 29.2 Å². The molecule has 33 heavy (non-hydrogen) atoms. The minimum atomic E-state index is -3.62. The van der Waals surface area contributed by atoms with E-state index in [2.05, 4.69) is 10.6 Å². The Kier molecular flexibility index (Phi) is 8.65. The number of rotatable bonds is 9. The highest BCUT2D eigenvalue weighted by Crippen LogP contribution is 2.40. The lowest BCUT2D eigenvalue weighted by Gasteiger charge is -2.41. The number of amides is 2. The van der Waals surface area contributed by atoms with Gasteiger partial charge in [-0.1, -0.05) is 17.7 Å². The van der Waals surface area contributed by atoms with Crippen LogP contribution >= 0.6 is 11.8 Å². The monoisotopic (exact) mass is 500 g/mol. The van der Waals surface area contributed by atoms with Crippen molar-refractivity contribution in [3.8, 4) is 0 Å². The van der Waals surface area contributed by atoms with Gasteiger partial charge in [0.25, 0.3) is 0 Å². The van der Waals surface area contributed by atoms with E-state index >= 15 is 0 Å². The van der Waals surface area contributed by atoms with Crippen LogP contribution in [0.4, 0.5) is 4.79 Å². The van der Waals surface area contributed by atoms with Crippen molar-refractivity contribution in [2.24, 2.45) is 5.92 Å². The van der Waals surface area contributed by atoms with Gasteiger partial charge in [-0.2, -0.15) is 11.8 Å². The first-order chi connectivity index (χ1) is 15.6. The van der Waals surface area contributed by atoms with Crippen LogP contribution in [0.25, 0.3) is 0 Å². The summed E-state index contributed by atoms with van der Waals surface area (Å²) in [5, 5.41) is 14.3. The Hall–Kier alpha value is -1.82. The largest absolute Gasteiger partial charge is 0.465 e. The van der Waals surface area contributed by atoms with Crippen LogP contribution in [0.3, 0.4) is 0 Å². The average molecular weight is 501 g/mol. The van der Waals surface area contributed by atoms with Crippen LogP contribution < -0.4 is 10.6 Å². The molecule has 1 aliphatic heterocycles. The van der Waals surface area contributed by atoms with Gasteiger partial charge in [0.05, 0.1) is 23.9 Å². The maximum Gasteiger partial charge on any atom is 0.405 e. The lowest BCUT2D eigenvalue weighted by molar-refractivity contribution is -0.189. The average Bonchev–Trinajstić information content (AvgIpc) is 3.20. The van der Waals surface area contributed by atoms with Crippen LogP contribution in [0.1, 0.15) is 31.2 Å². The molecule has 3 N–H and O–H groups in total. The van der Waals surface area contributed by atoms with E-state index in [1.807, 2.05) is 13.2 Å². The van der Waals surface area contributed by atoms with E-state index in [0.29, 0.717) is 44.6 Å². The number of hydrogen-bond acceptors (Lipinski definition) is 7. The molecule has 1 heterocycles. The Balaban J connectivity index is 1.78. The molecule has 1 saturated heterocycles. The van der Waals surface area contributed by atoms with Gasteiger partial charge in [0.15, 0.2) is 15.6 Å². The van der Waals surface area contributed by atoms with Gasteiger partial charge < -0.3 is 25.2 Å². The summed E-state index contributed by atoms with van der Waals surface area (Å²) in [5.41, 5.74) is 0.964. The Bertz CT molecular complexity index is 931. The second-order valence-electron chi connectivity index (χ2n) is 8.60. The first kappa shape index (κ1) is 25.8. The van der Waals surface area contributed by atoms with Gasteiger partial charge in [-0.25, -0.2) is 13.2 Å². The van der Waals surface area contributed by atoms with Gasteiger partial charge in [0, 0.05) is 18.9 Å². The van der Waals surface area contributed by atoms with Crippen molar-refractivity contribution in [3.63, 3.8) is 0 Å². The second-order valence-corrected chi connectivity index (χ2v) is 11.6. The second kappa shape index (κ2) is 11.1. The molecular weight excluding hydrogens is 468 g/mol. The van der Waals surface area contributed by atoms with Crippen molar-refractivity contribution in [3.05, 3.63) is 29.8 Å². The zero-order valence-corrected chi connectivity index (χ0v) is 20.5. The standard InChI is InChI=1S/C22H32N2O7S2/c1-15-3-5-17(6-4-15)33(28,29)14-16-13-22(30-10-11-31-22)9-7-18(16)23-20(25)19(8-12-32-2)24-21(26)27/h3-6,16,18-19,24H,7-14H2,1-2H3,(H,23,25)(H,26,27)/t16-,18-,19-/m0/s1. The molecule has 184 valence electrons. The van der Waals surface area contributed by atoms with E-state index in [4.69, 9.17) is 14.6 Å². The number of ether oxygens (including phenoxy) is 2. The van der Waals surface area contributed by atoms with Crippen molar-refractivity contribution in [1.82, 2.24) is 10.6 Å². The first-order valence-electron chi connectivity index (χ1n) is 11.0. The Morgan fingerprint density at radius 1 is 1.24 bits per heavy atom. The quantitative estimate of drug-likeness (QED) is 0.470. The summed E-state index contributed by atoms with van der Waals surface area (Å²) in [6, 6.07) is 5.35. The lowest BCUT2D eigenvalue weighted by atomic mass is 9.81. The van der Waals surface area contributed by atoms with Gasteiger partial charge in [0.1, 0.15) is 6.04 Å². The fourth-order valence-corrected chi connectivity index (χ4v) is 6.57. The maximum absolute atomic E-state index is 13.2. The molecule has 1 spiro atoms. The highest BCUT2D eigenvalue weighted by Gasteiger charge is 2.47. The van der Waals surface area contributed by atoms with Crippen molar-refractivity contribution < 1.29 is 32.6 Å². The molecule has 3 atom stereocenters. The SMILES string of the molecule is CSCC[C@H](NC(=O)O)C(=O)N[C@H]1CCC2(C[C@H]1CS(=O)(=O)c1ccc(C)cc1)OCCO2. The fourth-order valence-electron chi connectivity index (χ4n) is 4.44. The molecule has 0 bridgehead atoms. The molecule has 1 aliphatic carbocycles. The number of nitrogens with one attached hydrogen (secondary N) is 2. The number of sulfone groups is 1. The Morgan fingerprint density at radius 2 is 1.91 bits per heavy atom. The van der Waals surface area contributed by atoms with E-state index in [1.54, 1.807) is 24.3 Å². The number of benzene rings is 1. The van der Waals surface area contributed by atoms with Gasteiger partial charge in [-0.15, -0.1) is 0 Å². The maximum atomic E-state index is 13.2. The highest BCUT2D eigenvalue weighted by atomic mass is 32.2. The number of carbonyl (C=O) groups excluding carboxylic acids is 1. The molecule has 1 aromatic carbocycles. The van der Waals surface area contributed by atoms with Gasteiger partial charge >= 0.3 is 6.09 Å². The summed E-state index contributed by atoms with van der Waals surface area (Å²) < 4.78 is 38.0. The summed E-state index contributed by atoms with van der Waals surface area (Å²) in [7, 11) is -3.62. The van der Waals surface area contributed by atoms with Crippen LogP contribution in [0.2, 0.25) is 0 Å². The zero-order valence-electron chi connectivity index (χ0n) is 18.9. The van der Waals surface area contributed by atoms with Gasteiger partial charge in [0.2, 0.25) is 5.91 Å². The topological polar surface area (TPSA) is 131 Å². The number of thioether (sulfide) groups is 1. The van der Waals surface area contributed by atoms with Gasteiger partial charge in [-0.3, -0.25) is 4.79 Å². The predicted octanol–water partition coefficient (Wildman–Crippen LogP) is 2.19. The smallest absolute Gasteiger partial charge is 0.405 e. The molecule has 1 saturated carbocycles. The molecule has 2 fully saturated rings. The van der Waals surface area contributed by atoms with Crippen LogP contribution in [0.5, 0.6) is 0 Å². The minimum Gasteiger partial charge on any atom is -0.465 e. The Morgan fingerprint density at radius 3 is 2.52 bits per heavy atom. The van der Waals surface area contributed by atoms with Crippen LogP contribution in [0, 0.1) is 12.8 Å². The zero-order chi connectivity index (χ0) is 24.1. The third kappa shape index (κ3) is 6.84. The number of hydrogen-bond donors (Lipinski definition) is 3.